The molecule has 1 aromatic rings. The van der Waals surface area contributed by atoms with E-state index in [0.29, 0.717) is 24.0 Å². The molecule has 5 nitrogen and oxygen atoms in total. The van der Waals surface area contributed by atoms with Gasteiger partial charge in [-0.05, 0) is 44.4 Å². The van der Waals surface area contributed by atoms with Crippen LogP contribution in [-0.4, -0.2) is 35.9 Å². The Hall–Kier alpha value is -1.43. The van der Waals surface area contributed by atoms with Crippen molar-refractivity contribution in [3.8, 4) is 0 Å². The predicted octanol–water partition coefficient (Wildman–Crippen LogP) is 3.62. The average Bonchev–Trinajstić information content (AvgIpc) is 2.60. The molecule has 3 atom stereocenters. The Bertz CT molecular complexity index is 588. The summed E-state index contributed by atoms with van der Waals surface area (Å²) in [5, 5.41) is 9.99. The van der Waals surface area contributed by atoms with E-state index in [1.165, 1.54) is 19.0 Å². The van der Waals surface area contributed by atoms with Crippen LogP contribution < -0.4 is 4.90 Å². The Morgan fingerprint density at radius 1 is 1.38 bits per heavy atom. The monoisotopic (exact) mass is 357 g/mol. The molecule has 0 bridgehead atoms. The lowest BCUT2D eigenvalue weighted by atomic mass is 9.55. The molecule has 1 N–H and O–H groups in total. The van der Waals surface area contributed by atoms with Crippen molar-refractivity contribution in [2.24, 2.45) is 11.3 Å². The molecule has 26 heavy (non-hydrogen) atoms. The fourth-order valence-corrected chi connectivity index (χ4v) is 3.95. The van der Waals surface area contributed by atoms with Gasteiger partial charge in [0.15, 0.2) is 5.82 Å². The summed E-state index contributed by atoms with van der Waals surface area (Å²) < 4.78 is 0. The van der Waals surface area contributed by atoms with Crippen LogP contribution in [0.25, 0.3) is 0 Å². The molecule has 2 radical (unpaired) electrons. The lowest BCUT2D eigenvalue weighted by Gasteiger charge is -2.45. The normalized spacial score (nSPS) is 26.5. The first-order valence-electron chi connectivity index (χ1n) is 9.72. The van der Waals surface area contributed by atoms with Crippen LogP contribution in [0.2, 0.25) is 5.82 Å². The average molecular weight is 357 g/mol. The van der Waals surface area contributed by atoms with Crippen molar-refractivity contribution in [3.63, 3.8) is 0 Å². The Kier molecular flexibility index (Phi) is 6.83. The molecule has 2 rings (SSSR count). The number of amides is 1. The van der Waals surface area contributed by atoms with E-state index >= 15 is 0 Å². The molecule has 1 amide bonds. The largest absolute Gasteiger partial charge is 0.384 e. The highest BCUT2D eigenvalue weighted by Gasteiger charge is 2.37. The molecular weight excluding hydrogens is 325 g/mol. The minimum atomic E-state index is -1.04. The quantitative estimate of drug-likeness (QED) is 0.570. The van der Waals surface area contributed by atoms with Gasteiger partial charge in [0.1, 0.15) is 5.60 Å². The summed E-state index contributed by atoms with van der Waals surface area (Å²) in [7, 11) is 6.42. The maximum absolute atomic E-state index is 11.6. The number of hydrogen-bond donors (Lipinski definition) is 1. The van der Waals surface area contributed by atoms with Crippen LogP contribution in [0, 0.1) is 11.3 Å². The molecule has 0 saturated heterocycles. The maximum Gasteiger partial charge on any atom is 0.215 e. The number of carbonyl (C=O) groups is 1. The summed E-state index contributed by atoms with van der Waals surface area (Å²) in [6, 6.07) is 0. The molecule has 1 aliphatic rings. The van der Waals surface area contributed by atoms with Crippen molar-refractivity contribution < 1.29 is 9.90 Å². The first-order valence-corrected chi connectivity index (χ1v) is 9.72. The highest BCUT2D eigenvalue weighted by atomic mass is 16.3. The smallest absolute Gasteiger partial charge is 0.215 e. The summed E-state index contributed by atoms with van der Waals surface area (Å²) in [4.78, 5) is 21.9. The number of hydrogen-bond acceptors (Lipinski definition) is 4. The summed E-state index contributed by atoms with van der Waals surface area (Å²) in [5.41, 5.74) is -0.412. The van der Waals surface area contributed by atoms with Crippen molar-refractivity contribution in [2.75, 3.05) is 11.4 Å². The van der Waals surface area contributed by atoms with E-state index in [2.05, 4.69) is 23.8 Å². The van der Waals surface area contributed by atoms with Gasteiger partial charge >= 0.3 is 0 Å². The third-order valence-corrected chi connectivity index (χ3v) is 5.78. The lowest BCUT2D eigenvalue weighted by molar-refractivity contribution is -0.107. The number of unbranched alkanes of at least 4 members (excludes halogenated alkanes) is 1. The molecule has 0 aliphatic heterocycles. The fourth-order valence-electron chi connectivity index (χ4n) is 3.95. The number of aliphatic hydroxyl groups is 1. The highest BCUT2D eigenvalue weighted by molar-refractivity contribution is 6.12. The van der Waals surface area contributed by atoms with E-state index in [1.54, 1.807) is 24.9 Å². The molecule has 1 heterocycles. The van der Waals surface area contributed by atoms with Gasteiger partial charge in [-0.3, -0.25) is 14.7 Å². The molecule has 0 spiro atoms. The third kappa shape index (κ3) is 5.06. The first-order chi connectivity index (χ1) is 12.2. The summed E-state index contributed by atoms with van der Waals surface area (Å²) in [6.07, 6.45) is 10.5. The van der Waals surface area contributed by atoms with E-state index in [1.807, 2.05) is 0 Å². The maximum atomic E-state index is 11.6. The number of rotatable bonds is 8. The van der Waals surface area contributed by atoms with E-state index < -0.39 is 5.60 Å². The molecule has 1 aliphatic carbocycles. The number of aromatic nitrogens is 2. The Morgan fingerprint density at radius 2 is 2.12 bits per heavy atom. The SMILES string of the molecule is [B][C@H]1CCC(CN(C=O)c2cnc(C(C)(C)O)cn2)C[C@@]1(C)CCCC. The van der Waals surface area contributed by atoms with Crippen LogP contribution in [-0.2, 0) is 10.4 Å². The number of nitrogens with zero attached hydrogens (tertiary/aromatic N) is 3. The van der Waals surface area contributed by atoms with Crippen LogP contribution in [0.3, 0.4) is 0 Å². The van der Waals surface area contributed by atoms with Gasteiger partial charge in [-0.2, -0.15) is 0 Å². The lowest BCUT2D eigenvalue weighted by Crippen LogP contribution is -2.37. The van der Waals surface area contributed by atoms with Crippen molar-refractivity contribution in [1.82, 2.24) is 9.97 Å². The molecule has 6 heteroatoms. The van der Waals surface area contributed by atoms with E-state index in [0.717, 1.165) is 32.1 Å². The van der Waals surface area contributed by atoms with Crippen molar-refractivity contribution in [2.45, 2.75) is 77.6 Å². The predicted molar refractivity (Wildman–Crippen MR) is 105 cm³/mol. The molecule has 1 saturated carbocycles. The van der Waals surface area contributed by atoms with Gasteiger partial charge in [0.25, 0.3) is 0 Å². The molecule has 142 valence electrons. The van der Waals surface area contributed by atoms with Gasteiger partial charge in [0.05, 0.1) is 25.9 Å². The molecule has 1 unspecified atom stereocenters. The second kappa shape index (κ2) is 8.51. The standard InChI is InChI=1S/C20H32BN3O2/c1-5-6-9-20(4)10-15(7-8-16(20)21)13-24(14-25)18-12-22-17(11-23-18)19(2,3)26/h11-12,14-16,26H,5-10,13H2,1-4H3/t15?,16-,20+/m0/s1. The first kappa shape index (κ1) is 20.9. The van der Waals surface area contributed by atoms with Gasteiger partial charge in [-0.15, -0.1) is 0 Å². The Morgan fingerprint density at radius 3 is 2.65 bits per heavy atom. The minimum Gasteiger partial charge on any atom is -0.384 e. The zero-order valence-electron chi connectivity index (χ0n) is 16.6. The van der Waals surface area contributed by atoms with E-state index in [9.17, 15) is 9.90 Å². The van der Waals surface area contributed by atoms with Crippen molar-refractivity contribution >= 4 is 20.1 Å². The van der Waals surface area contributed by atoms with Crippen LogP contribution >= 0.6 is 0 Å². The Labute approximate surface area is 159 Å². The van der Waals surface area contributed by atoms with Gasteiger partial charge < -0.3 is 5.11 Å². The van der Waals surface area contributed by atoms with Crippen molar-refractivity contribution in [1.29, 1.82) is 0 Å². The van der Waals surface area contributed by atoms with E-state index in [4.69, 9.17) is 7.85 Å². The number of carbonyl (C=O) groups excluding carboxylic acids is 1. The topological polar surface area (TPSA) is 66.3 Å². The molecule has 1 aromatic heterocycles. The van der Waals surface area contributed by atoms with Gasteiger partial charge in [-0.1, -0.05) is 38.9 Å². The van der Waals surface area contributed by atoms with Gasteiger partial charge in [0.2, 0.25) is 6.41 Å². The minimum absolute atomic E-state index is 0.143. The van der Waals surface area contributed by atoms with E-state index in [-0.39, 0.29) is 11.2 Å². The zero-order chi connectivity index (χ0) is 19.4. The highest BCUT2D eigenvalue weighted by Crippen LogP contribution is 2.49. The molecule has 0 aromatic carbocycles. The van der Waals surface area contributed by atoms with Crippen LogP contribution in [0.4, 0.5) is 5.82 Å². The van der Waals surface area contributed by atoms with Crippen LogP contribution in [0.1, 0.15) is 71.9 Å². The van der Waals surface area contributed by atoms with Crippen LogP contribution in [0.15, 0.2) is 12.4 Å². The second-order valence-electron chi connectivity index (χ2n) is 8.59. The van der Waals surface area contributed by atoms with Gasteiger partial charge in [0, 0.05) is 6.54 Å². The number of anilines is 1. The summed E-state index contributed by atoms with van der Waals surface area (Å²) >= 11 is 0. The second-order valence-corrected chi connectivity index (χ2v) is 8.59. The van der Waals surface area contributed by atoms with Crippen molar-refractivity contribution in [3.05, 3.63) is 18.1 Å². The fraction of sp³-hybridized carbons (Fsp3) is 0.750. The summed E-state index contributed by atoms with van der Waals surface area (Å²) in [6.45, 7) is 8.46. The van der Waals surface area contributed by atoms with Crippen LogP contribution in [0.5, 0.6) is 0 Å². The molecule has 1 fully saturated rings. The Balaban J connectivity index is 2.06. The van der Waals surface area contributed by atoms with Gasteiger partial charge in [-0.25, -0.2) is 4.98 Å². The summed E-state index contributed by atoms with van der Waals surface area (Å²) in [5.74, 6) is 1.18. The molecular formula is C20H32BN3O2. The zero-order valence-corrected chi connectivity index (χ0v) is 16.6. The third-order valence-electron chi connectivity index (χ3n) is 5.78.